The highest BCUT2D eigenvalue weighted by molar-refractivity contribution is 5.45. The van der Waals surface area contributed by atoms with Gasteiger partial charge in [-0.05, 0) is 29.4 Å². The topological polar surface area (TPSA) is 12.9 Å². The fourth-order valence-electron chi connectivity index (χ4n) is 1.60. The van der Waals surface area contributed by atoms with Crippen LogP contribution in [-0.2, 0) is 6.42 Å². The van der Waals surface area contributed by atoms with Gasteiger partial charge in [0.25, 0.3) is 0 Å². The minimum Gasteiger partial charge on any atom is -0.256 e. The van der Waals surface area contributed by atoms with Gasteiger partial charge >= 0.3 is 0 Å². The first-order chi connectivity index (χ1) is 8.07. The minimum atomic E-state index is -0.159. The molecule has 0 radical (unpaired) electrons. The molecule has 0 aliphatic heterocycles. The largest absolute Gasteiger partial charge is 0.256 e. The number of pyridine rings is 1. The van der Waals surface area contributed by atoms with Crippen molar-refractivity contribution in [3.05, 3.63) is 35.4 Å². The van der Waals surface area contributed by atoms with Crippen LogP contribution < -0.4 is 0 Å². The van der Waals surface area contributed by atoms with Crippen LogP contribution in [-0.4, -0.2) is 4.98 Å². The summed E-state index contributed by atoms with van der Waals surface area (Å²) in [5, 5.41) is 0. The summed E-state index contributed by atoms with van der Waals surface area (Å²) in [6.45, 7) is 12.6. The fourth-order valence-corrected chi connectivity index (χ4v) is 1.60. The van der Waals surface area contributed by atoms with E-state index in [9.17, 15) is 4.39 Å². The predicted octanol–water partition coefficient (Wildman–Crippen LogP) is 4.87. The molecule has 1 heterocycles. The van der Waals surface area contributed by atoms with E-state index in [2.05, 4.69) is 46.5 Å². The number of allylic oxidation sites excluding steroid dienone is 1. The van der Waals surface area contributed by atoms with Gasteiger partial charge in [0, 0.05) is 11.8 Å². The third-order valence-corrected chi connectivity index (χ3v) is 2.43. The van der Waals surface area contributed by atoms with Crippen LogP contribution in [0.1, 0.15) is 52.8 Å². The van der Waals surface area contributed by atoms with Crippen LogP contribution in [0.5, 0.6) is 0 Å². The maximum Gasteiger partial charge on any atom is 0.130 e. The van der Waals surface area contributed by atoms with Crippen LogP contribution in [0.25, 0.3) is 6.08 Å². The van der Waals surface area contributed by atoms with Gasteiger partial charge in [0.05, 0.1) is 5.69 Å². The van der Waals surface area contributed by atoms with Gasteiger partial charge in [0.15, 0.2) is 0 Å². The van der Waals surface area contributed by atoms with E-state index in [4.69, 9.17) is 0 Å². The fraction of sp³-hybridized carbons (Fsp3) is 0.562. The van der Waals surface area contributed by atoms with Crippen LogP contribution in [0.2, 0.25) is 0 Å². The maximum atomic E-state index is 13.9. The number of hydrogen-bond acceptors (Lipinski definition) is 1. The zero-order valence-electron chi connectivity index (χ0n) is 12.3. The average molecular weight is 249 g/mol. The van der Waals surface area contributed by atoms with Gasteiger partial charge < -0.3 is 0 Å². The molecule has 0 aliphatic rings. The van der Waals surface area contributed by atoms with E-state index in [1.807, 2.05) is 12.2 Å². The first kappa shape index (κ1) is 14.9. The number of hydrogen-bond donors (Lipinski definition) is 0. The Morgan fingerprint density at radius 1 is 1.17 bits per heavy atom. The summed E-state index contributed by atoms with van der Waals surface area (Å²) in [4.78, 5) is 4.30. The van der Waals surface area contributed by atoms with Crippen LogP contribution in [0, 0.1) is 16.6 Å². The van der Waals surface area contributed by atoms with E-state index in [0.717, 1.165) is 0 Å². The third kappa shape index (κ3) is 5.44. The van der Waals surface area contributed by atoms with E-state index in [-0.39, 0.29) is 16.6 Å². The van der Waals surface area contributed by atoms with Gasteiger partial charge in [-0.25, -0.2) is 4.39 Å². The van der Waals surface area contributed by atoms with Gasteiger partial charge in [-0.2, -0.15) is 0 Å². The molecule has 1 nitrogen and oxygen atoms in total. The average Bonchev–Trinajstić information content (AvgIpc) is 2.15. The molecule has 100 valence electrons. The molecule has 0 N–H and O–H groups in total. The zero-order valence-corrected chi connectivity index (χ0v) is 12.3. The summed E-state index contributed by atoms with van der Waals surface area (Å²) < 4.78 is 13.9. The molecular formula is C16H24FN. The number of aromatic nitrogens is 1. The lowest BCUT2D eigenvalue weighted by atomic mass is 9.88. The minimum absolute atomic E-state index is 0.0747. The second-order valence-electron chi connectivity index (χ2n) is 7.14. The molecule has 18 heavy (non-hydrogen) atoms. The molecular weight excluding hydrogens is 225 g/mol. The molecule has 0 aromatic carbocycles. The van der Waals surface area contributed by atoms with Crippen molar-refractivity contribution in [2.75, 3.05) is 0 Å². The smallest absolute Gasteiger partial charge is 0.130 e. The Bertz CT molecular complexity index is 433. The Hall–Kier alpha value is -1.18. The van der Waals surface area contributed by atoms with Crippen molar-refractivity contribution in [1.82, 2.24) is 4.98 Å². The van der Waals surface area contributed by atoms with Crippen LogP contribution >= 0.6 is 0 Å². The lowest BCUT2D eigenvalue weighted by molar-refractivity contribution is 0.401. The lowest BCUT2D eigenvalue weighted by Gasteiger charge is -2.18. The van der Waals surface area contributed by atoms with Crippen molar-refractivity contribution in [1.29, 1.82) is 0 Å². The summed E-state index contributed by atoms with van der Waals surface area (Å²) in [6, 6.07) is 1.52. The molecule has 0 aliphatic carbocycles. The number of rotatable bonds is 2. The normalized spacial score (nSPS) is 13.3. The van der Waals surface area contributed by atoms with E-state index >= 15 is 0 Å². The Labute approximate surface area is 110 Å². The van der Waals surface area contributed by atoms with Crippen molar-refractivity contribution in [2.45, 2.75) is 48.0 Å². The van der Waals surface area contributed by atoms with Crippen molar-refractivity contribution >= 4 is 6.08 Å². The SMILES string of the molecule is CC(C)(C)/C=C/c1cc(F)c(CC(C)(C)C)cn1. The van der Waals surface area contributed by atoms with Crippen LogP contribution in [0.3, 0.4) is 0 Å². The highest BCUT2D eigenvalue weighted by Crippen LogP contribution is 2.23. The third-order valence-electron chi connectivity index (χ3n) is 2.43. The number of halogens is 1. The molecule has 0 atom stereocenters. The molecule has 0 spiro atoms. The van der Waals surface area contributed by atoms with Gasteiger partial charge in [-0.1, -0.05) is 47.6 Å². The Morgan fingerprint density at radius 2 is 1.78 bits per heavy atom. The first-order valence-corrected chi connectivity index (χ1v) is 6.40. The Morgan fingerprint density at radius 3 is 2.22 bits per heavy atom. The standard InChI is InChI=1S/C16H24FN/c1-15(2,3)8-7-13-9-14(17)12(11-18-13)10-16(4,5)6/h7-9,11H,10H2,1-6H3/b8-7+. The van der Waals surface area contributed by atoms with Gasteiger partial charge in [0.2, 0.25) is 0 Å². The van der Waals surface area contributed by atoms with E-state index in [0.29, 0.717) is 17.7 Å². The van der Waals surface area contributed by atoms with E-state index in [1.54, 1.807) is 6.20 Å². The van der Waals surface area contributed by atoms with Crippen molar-refractivity contribution in [3.8, 4) is 0 Å². The van der Waals surface area contributed by atoms with Crippen LogP contribution in [0.4, 0.5) is 4.39 Å². The molecule has 0 saturated carbocycles. The molecule has 0 saturated heterocycles. The molecule has 1 aromatic heterocycles. The zero-order chi connectivity index (χ0) is 14.0. The summed E-state index contributed by atoms with van der Waals surface area (Å²) in [5.74, 6) is -0.159. The quantitative estimate of drug-likeness (QED) is 0.728. The second kappa shape index (κ2) is 5.21. The highest BCUT2D eigenvalue weighted by Gasteiger charge is 2.15. The molecule has 0 fully saturated rings. The molecule has 0 amide bonds. The van der Waals surface area contributed by atoms with Crippen molar-refractivity contribution in [2.24, 2.45) is 10.8 Å². The lowest BCUT2D eigenvalue weighted by Crippen LogP contribution is -2.11. The van der Waals surface area contributed by atoms with Crippen LogP contribution in [0.15, 0.2) is 18.3 Å². The van der Waals surface area contributed by atoms with Gasteiger partial charge in [-0.15, -0.1) is 0 Å². The summed E-state index contributed by atoms with van der Waals surface area (Å²) in [5.41, 5.74) is 1.53. The molecule has 0 unspecified atom stereocenters. The van der Waals surface area contributed by atoms with Crippen molar-refractivity contribution < 1.29 is 4.39 Å². The first-order valence-electron chi connectivity index (χ1n) is 6.40. The van der Waals surface area contributed by atoms with Gasteiger partial charge in [0.1, 0.15) is 5.82 Å². The second-order valence-corrected chi connectivity index (χ2v) is 7.14. The summed E-state index contributed by atoms with van der Waals surface area (Å²) >= 11 is 0. The van der Waals surface area contributed by atoms with E-state index in [1.165, 1.54) is 6.07 Å². The van der Waals surface area contributed by atoms with E-state index < -0.39 is 0 Å². The maximum absolute atomic E-state index is 13.9. The van der Waals surface area contributed by atoms with Gasteiger partial charge in [-0.3, -0.25) is 4.98 Å². The molecule has 0 bridgehead atoms. The number of nitrogens with zero attached hydrogens (tertiary/aromatic N) is 1. The molecule has 2 heteroatoms. The monoisotopic (exact) mass is 249 g/mol. The summed E-state index contributed by atoms with van der Waals surface area (Å²) in [7, 11) is 0. The Balaban J connectivity index is 2.90. The Kier molecular flexibility index (Phi) is 4.31. The highest BCUT2D eigenvalue weighted by atomic mass is 19.1. The predicted molar refractivity (Wildman–Crippen MR) is 75.8 cm³/mol. The molecule has 1 aromatic rings. The molecule has 1 rings (SSSR count). The van der Waals surface area contributed by atoms with Crippen molar-refractivity contribution in [3.63, 3.8) is 0 Å². The summed E-state index contributed by atoms with van der Waals surface area (Å²) in [6.07, 6.45) is 6.28.